The van der Waals surface area contributed by atoms with E-state index in [4.69, 9.17) is 10.00 Å². The lowest BCUT2D eigenvalue weighted by molar-refractivity contribution is -0.274. The first-order valence-corrected chi connectivity index (χ1v) is 7.03. The number of nitriles is 1. The molecule has 0 saturated heterocycles. The Bertz CT molecular complexity index is 663. The van der Waals surface area contributed by atoms with Gasteiger partial charge in [0.25, 0.3) is 5.91 Å². The van der Waals surface area contributed by atoms with Crippen molar-refractivity contribution >= 4 is 18.0 Å². The van der Waals surface area contributed by atoms with E-state index < -0.39 is 24.8 Å². The van der Waals surface area contributed by atoms with Crippen LogP contribution in [0.15, 0.2) is 30.3 Å². The van der Waals surface area contributed by atoms with E-state index in [-0.39, 0.29) is 18.7 Å². The van der Waals surface area contributed by atoms with E-state index in [2.05, 4.69) is 4.74 Å². The lowest BCUT2D eigenvalue weighted by Gasteiger charge is -2.14. The summed E-state index contributed by atoms with van der Waals surface area (Å²) in [5.41, 5.74) is 0.448. The number of carbonyl (C=O) groups is 2. The van der Waals surface area contributed by atoms with Gasteiger partial charge in [-0.3, -0.25) is 4.79 Å². The number of alkyl halides is 3. The topological polar surface area (TPSA) is 79.6 Å². The van der Waals surface area contributed by atoms with Gasteiger partial charge in [0.1, 0.15) is 5.75 Å². The molecule has 0 atom stereocenters. The van der Waals surface area contributed by atoms with E-state index in [1.807, 2.05) is 6.07 Å². The molecule has 25 heavy (non-hydrogen) atoms. The number of hydrogen-bond donors (Lipinski definition) is 0. The van der Waals surface area contributed by atoms with Gasteiger partial charge >= 0.3 is 12.3 Å². The van der Waals surface area contributed by atoms with Crippen molar-refractivity contribution < 1.29 is 32.2 Å². The van der Waals surface area contributed by atoms with Crippen molar-refractivity contribution in [2.24, 2.45) is 0 Å². The highest BCUT2D eigenvalue weighted by atomic mass is 19.4. The third-order valence-electron chi connectivity index (χ3n) is 2.85. The monoisotopic (exact) mass is 356 g/mol. The second kappa shape index (κ2) is 9.32. The van der Waals surface area contributed by atoms with Gasteiger partial charge in [-0.25, -0.2) is 4.79 Å². The minimum Gasteiger partial charge on any atom is -0.452 e. The molecule has 6 nitrogen and oxygen atoms in total. The molecule has 0 heterocycles. The number of rotatable bonds is 7. The molecule has 0 aliphatic heterocycles. The van der Waals surface area contributed by atoms with Gasteiger partial charge in [0.15, 0.2) is 6.61 Å². The quantitative estimate of drug-likeness (QED) is 0.554. The van der Waals surface area contributed by atoms with Crippen LogP contribution in [0.3, 0.4) is 0 Å². The van der Waals surface area contributed by atoms with Crippen LogP contribution in [-0.4, -0.2) is 43.3 Å². The van der Waals surface area contributed by atoms with Gasteiger partial charge in [-0.05, 0) is 23.8 Å². The van der Waals surface area contributed by atoms with Crippen molar-refractivity contribution in [1.82, 2.24) is 4.90 Å². The fourth-order valence-electron chi connectivity index (χ4n) is 1.58. The summed E-state index contributed by atoms with van der Waals surface area (Å²) in [7, 11) is 1.48. The number of esters is 1. The SMILES string of the molecule is CN(CCC#N)C(=O)COC(=O)/C=C/c1ccc(OC(F)(F)F)cc1. The van der Waals surface area contributed by atoms with Crippen molar-refractivity contribution in [2.75, 3.05) is 20.2 Å². The first-order chi connectivity index (χ1) is 11.7. The van der Waals surface area contributed by atoms with Crippen LogP contribution in [0.1, 0.15) is 12.0 Å². The van der Waals surface area contributed by atoms with Gasteiger partial charge in [0, 0.05) is 19.7 Å². The van der Waals surface area contributed by atoms with Crippen molar-refractivity contribution in [3.05, 3.63) is 35.9 Å². The lowest BCUT2D eigenvalue weighted by atomic mass is 10.2. The largest absolute Gasteiger partial charge is 0.573 e. The Morgan fingerprint density at radius 3 is 2.48 bits per heavy atom. The van der Waals surface area contributed by atoms with Crippen LogP contribution >= 0.6 is 0 Å². The van der Waals surface area contributed by atoms with E-state index in [1.165, 1.54) is 30.2 Å². The Balaban J connectivity index is 2.46. The summed E-state index contributed by atoms with van der Waals surface area (Å²) in [6.45, 7) is -0.238. The zero-order chi connectivity index (χ0) is 18.9. The zero-order valence-electron chi connectivity index (χ0n) is 13.2. The molecule has 0 radical (unpaired) electrons. The van der Waals surface area contributed by atoms with E-state index in [0.717, 1.165) is 18.2 Å². The molecule has 0 N–H and O–H groups in total. The second-order valence-corrected chi connectivity index (χ2v) is 4.78. The lowest BCUT2D eigenvalue weighted by Crippen LogP contribution is -2.31. The van der Waals surface area contributed by atoms with Crippen molar-refractivity contribution in [2.45, 2.75) is 12.8 Å². The Kier molecular flexibility index (Phi) is 7.46. The Hall–Kier alpha value is -3.02. The molecule has 1 aromatic carbocycles. The smallest absolute Gasteiger partial charge is 0.452 e. The second-order valence-electron chi connectivity index (χ2n) is 4.78. The van der Waals surface area contributed by atoms with Gasteiger partial charge in [-0.1, -0.05) is 12.1 Å². The Labute approximate surface area is 142 Å². The van der Waals surface area contributed by atoms with Crippen molar-refractivity contribution in [1.29, 1.82) is 5.26 Å². The minimum atomic E-state index is -4.77. The number of halogens is 3. The number of ether oxygens (including phenoxy) is 2. The number of nitrogens with zero attached hydrogens (tertiary/aromatic N) is 2. The first-order valence-electron chi connectivity index (χ1n) is 7.03. The number of carbonyl (C=O) groups excluding carboxylic acids is 2. The van der Waals surface area contributed by atoms with Crippen LogP contribution in [-0.2, 0) is 14.3 Å². The maximum atomic E-state index is 12.0. The number of hydrogen-bond acceptors (Lipinski definition) is 5. The van der Waals surface area contributed by atoms with Crippen LogP contribution in [0.5, 0.6) is 5.75 Å². The molecule has 9 heteroatoms. The molecule has 134 valence electrons. The van der Waals surface area contributed by atoms with E-state index in [1.54, 1.807) is 0 Å². The third-order valence-corrected chi connectivity index (χ3v) is 2.85. The fourth-order valence-corrected chi connectivity index (χ4v) is 1.58. The normalized spacial score (nSPS) is 11.0. The summed E-state index contributed by atoms with van der Waals surface area (Å²) < 4.78 is 44.5. The fraction of sp³-hybridized carbons (Fsp3) is 0.312. The average molecular weight is 356 g/mol. The summed E-state index contributed by atoms with van der Waals surface area (Å²) in [4.78, 5) is 24.4. The van der Waals surface area contributed by atoms with Crippen molar-refractivity contribution in [3.8, 4) is 11.8 Å². The summed E-state index contributed by atoms with van der Waals surface area (Å²) in [5.74, 6) is -1.61. The average Bonchev–Trinajstić information content (AvgIpc) is 2.55. The molecule has 0 fully saturated rings. The Morgan fingerprint density at radius 2 is 1.92 bits per heavy atom. The molecule has 1 amide bonds. The summed E-state index contributed by atoms with van der Waals surface area (Å²) >= 11 is 0. The number of benzene rings is 1. The molecule has 0 bridgehead atoms. The molecule has 1 aromatic rings. The maximum absolute atomic E-state index is 12.0. The zero-order valence-corrected chi connectivity index (χ0v) is 13.2. The highest BCUT2D eigenvalue weighted by molar-refractivity contribution is 5.89. The molecule has 0 aliphatic carbocycles. The molecule has 0 unspecified atom stereocenters. The minimum absolute atomic E-state index is 0.171. The Morgan fingerprint density at radius 1 is 1.28 bits per heavy atom. The highest BCUT2D eigenvalue weighted by Gasteiger charge is 2.30. The van der Waals surface area contributed by atoms with Gasteiger partial charge in [-0.15, -0.1) is 13.2 Å². The van der Waals surface area contributed by atoms with Gasteiger partial charge < -0.3 is 14.4 Å². The van der Waals surface area contributed by atoms with Crippen LogP contribution < -0.4 is 4.74 Å². The predicted octanol–water partition coefficient (Wildman–Crippen LogP) is 2.51. The van der Waals surface area contributed by atoms with Gasteiger partial charge in [-0.2, -0.15) is 5.26 Å². The van der Waals surface area contributed by atoms with Gasteiger partial charge in [0.05, 0.1) is 12.5 Å². The molecular formula is C16H15F3N2O4. The van der Waals surface area contributed by atoms with Crippen molar-refractivity contribution in [3.63, 3.8) is 0 Å². The maximum Gasteiger partial charge on any atom is 0.573 e. The third kappa shape index (κ3) is 8.41. The molecule has 1 rings (SSSR count). The number of amides is 1. The van der Waals surface area contributed by atoms with Crippen LogP contribution in [0.4, 0.5) is 13.2 Å². The molecule has 0 spiro atoms. The molecular weight excluding hydrogens is 341 g/mol. The van der Waals surface area contributed by atoms with Crippen LogP contribution in [0.2, 0.25) is 0 Å². The van der Waals surface area contributed by atoms with Gasteiger partial charge in [0.2, 0.25) is 0 Å². The molecule has 0 saturated carbocycles. The number of likely N-dealkylation sites (N-methyl/N-ethyl adjacent to an activating group) is 1. The van der Waals surface area contributed by atoms with Crippen LogP contribution in [0.25, 0.3) is 6.08 Å². The van der Waals surface area contributed by atoms with Crippen LogP contribution in [0, 0.1) is 11.3 Å². The van der Waals surface area contributed by atoms with E-state index in [0.29, 0.717) is 5.56 Å². The summed E-state index contributed by atoms with van der Waals surface area (Å²) in [5, 5.41) is 8.42. The van der Waals surface area contributed by atoms with E-state index in [9.17, 15) is 22.8 Å². The predicted molar refractivity (Wildman–Crippen MR) is 81.0 cm³/mol. The molecule has 0 aliphatic rings. The first kappa shape index (κ1) is 20.0. The standard InChI is InChI=1S/C16H15F3N2O4/c1-21(10-2-9-20)14(22)11-24-15(23)8-5-12-3-6-13(7-4-12)25-16(17,18)19/h3-8H,2,10-11H2,1H3/b8-5+. The molecule has 0 aromatic heterocycles. The summed E-state index contributed by atoms with van der Waals surface area (Å²) in [6, 6.07) is 6.75. The highest BCUT2D eigenvalue weighted by Crippen LogP contribution is 2.22. The van der Waals surface area contributed by atoms with E-state index >= 15 is 0 Å². The summed E-state index contributed by atoms with van der Waals surface area (Å²) in [6.07, 6.45) is -2.23.